The summed E-state index contributed by atoms with van der Waals surface area (Å²) >= 11 is 0. The summed E-state index contributed by atoms with van der Waals surface area (Å²) in [7, 11) is 0. The predicted octanol–water partition coefficient (Wildman–Crippen LogP) is 3.50. The average Bonchev–Trinajstić information content (AvgIpc) is 2.54. The van der Waals surface area contributed by atoms with Gasteiger partial charge in [-0.05, 0) is 30.3 Å². The number of hydrogen-bond acceptors (Lipinski definition) is 3. The Morgan fingerprint density at radius 1 is 0.960 bits per heavy atom. The number of amides is 2. The van der Waals surface area contributed by atoms with E-state index in [9.17, 15) is 22.8 Å². The Bertz CT molecular complexity index is 797. The van der Waals surface area contributed by atoms with E-state index in [1.165, 1.54) is 6.92 Å². The van der Waals surface area contributed by atoms with Crippen LogP contribution in [0.1, 0.15) is 13.3 Å². The highest BCUT2D eigenvalue weighted by molar-refractivity contribution is 5.93. The highest BCUT2D eigenvalue weighted by atomic mass is 19.2. The van der Waals surface area contributed by atoms with Gasteiger partial charge in [0.25, 0.3) is 0 Å². The number of hydrogen-bond donors (Lipinski definition) is 3. The van der Waals surface area contributed by atoms with E-state index in [-0.39, 0.29) is 30.5 Å². The molecule has 0 aliphatic heterocycles. The van der Waals surface area contributed by atoms with E-state index in [2.05, 4.69) is 16.0 Å². The molecule has 0 aliphatic rings. The molecule has 0 aromatic heterocycles. The van der Waals surface area contributed by atoms with Gasteiger partial charge in [-0.15, -0.1) is 0 Å². The largest absolute Gasteiger partial charge is 0.382 e. The van der Waals surface area contributed by atoms with Crippen LogP contribution >= 0.6 is 0 Å². The van der Waals surface area contributed by atoms with Crippen molar-refractivity contribution in [2.75, 3.05) is 22.5 Å². The van der Waals surface area contributed by atoms with Gasteiger partial charge in [-0.1, -0.05) is 6.07 Å². The van der Waals surface area contributed by atoms with Crippen molar-refractivity contribution in [3.8, 4) is 0 Å². The van der Waals surface area contributed by atoms with E-state index in [1.54, 1.807) is 24.3 Å². The first-order valence-corrected chi connectivity index (χ1v) is 7.41. The van der Waals surface area contributed by atoms with Crippen LogP contribution in [0.4, 0.5) is 30.2 Å². The van der Waals surface area contributed by atoms with Gasteiger partial charge in [0.2, 0.25) is 11.8 Å². The fraction of sp³-hybridized carbons (Fsp3) is 0.176. The molecule has 0 radical (unpaired) electrons. The van der Waals surface area contributed by atoms with Crippen molar-refractivity contribution >= 4 is 28.9 Å². The van der Waals surface area contributed by atoms with Crippen molar-refractivity contribution in [3.63, 3.8) is 0 Å². The third-order valence-electron chi connectivity index (χ3n) is 3.17. The number of nitrogens with one attached hydrogen (secondary N) is 3. The Hall–Kier alpha value is -3.03. The first-order valence-electron chi connectivity index (χ1n) is 7.41. The molecule has 0 aliphatic carbocycles. The Morgan fingerprint density at radius 3 is 2.32 bits per heavy atom. The molecule has 0 unspecified atom stereocenters. The van der Waals surface area contributed by atoms with Crippen LogP contribution in [0.5, 0.6) is 0 Å². The van der Waals surface area contributed by atoms with Crippen molar-refractivity contribution in [1.82, 2.24) is 0 Å². The normalized spacial score (nSPS) is 10.2. The monoisotopic (exact) mass is 351 g/mol. The molecule has 2 aromatic carbocycles. The Balaban J connectivity index is 1.87. The van der Waals surface area contributed by atoms with Gasteiger partial charge >= 0.3 is 0 Å². The molecule has 132 valence electrons. The van der Waals surface area contributed by atoms with Gasteiger partial charge in [0.15, 0.2) is 17.5 Å². The minimum absolute atomic E-state index is 0.0250. The van der Waals surface area contributed by atoms with E-state index >= 15 is 0 Å². The van der Waals surface area contributed by atoms with E-state index in [4.69, 9.17) is 0 Å². The van der Waals surface area contributed by atoms with Crippen molar-refractivity contribution in [2.45, 2.75) is 13.3 Å². The maximum Gasteiger partial charge on any atom is 0.226 e. The number of benzene rings is 2. The molecule has 0 saturated carbocycles. The summed E-state index contributed by atoms with van der Waals surface area (Å²) in [4.78, 5) is 22.9. The van der Waals surface area contributed by atoms with Gasteiger partial charge in [-0.25, -0.2) is 13.2 Å². The lowest BCUT2D eigenvalue weighted by molar-refractivity contribution is -0.116. The Kier molecular flexibility index (Phi) is 5.99. The molecule has 8 heteroatoms. The van der Waals surface area contributed by atoms with Gasteiger partial charge in [0, 0.05) is 31.3 Å². The third-order valence-corrected chi connectivity index (χ3v) is 3.17. The molecule has 0 saturated heterocycles. The van der Waals surface area contributed by atoms with Gasteiger partial charge in [-0.2, -0.15) is 0 Å². The molecule has 2 aromatic rings. The van der Waals surface area contributed by atoms with E-state index in [0.29, 0.717) is 11.4 Å². The highest BCUT2D eigenvalue weighted by Crippen LogP contribution is 2.19. The van der Waals surface area contributed by atoms with Crippen molar-refractivity contribution in [2.24, 2.45) is 0 Å². The Morgan fingerprint density at radius 2 is 1.64 bits per heavy atom. The molecular formula is C17H16F3N3O2. The summed E-state index contributed by atoms with van der Waals surface area (Å²) in [6, 6.07) is 8.42. The van der Waals surface area contributed by atoms with Crippen molar-refractivity contribution in [3.05, 3.63) is 53.8 Å². The second-order valence-electron chi connectivity index (χ2n) is 5.21. The summed E-state index contributed by atoms with van der Waals surface area (Å²) in [5.41, 5.74) is 0.793. The lowest BCUT2D eigenvalue weighted by Gasteiger charge is -2.10. The standard InChI is InChI=1S/C17H16F3N3O2/c1-10(24)22-11-3-2-4-12(9-11)23-15(25)7-8-21-14-6-5-13(18)16(19)17(14)20/h2-6,9,21H,7-8H2,1H3,(H,22,24)(H,23,25). The third kappa shape index (κ3) is 5.23. The molecule has 0 heterocycles. The molecule has 25 heavy (non-hydrogen) atoms. The summed E-state index contributed by atoms with van der Waals surface area (Å²) in [6.45, 7) is 1.40. The van der Waals surface area contributed by atoms with Gasteiger partial charge < -0.3 is 16.0 Å². The first-order chi connectivity index (χ1) is 11.9. The SMILES string of the molecule is CC(=O)Nc1cccc(NC(=O)CCNc2ccc(F)c(F)c2F)c1. The zero-order valence-electron chi connectivity index (χ0n) is 13.3. The summed E-state index contributed by atoms with van der Waals surface area (Å²) in [6.07, 6.45) is -0.0250. The molecular weight excluding hydrogens is 335 g/mol. The lowest BCUT2D eigenvalue weighted by atomic mass is 10.2. The Labute approximate surface area is 142 Å². The van der Waals surface area contributed by atoms with E-state index in [1.807, 2.05) is 0 Å². The second-order valence-corrected chi connectivity index (χ2v) is 5.21. The fourth-order valence-electron chi connectivity index (χ4n) is 2.07. The summed E-state index contributed by atoms with van der Waals surface area (Å²) in [5, 5.41) is 7.74. The number of anilines is 3. The van der Waals surface area contributed by atoms with E-state index in [0.717, 1.165) is 12.1 Å². The zero-order chi connectivity index (χ0) is 18.4. The topological polar surface area (TPSA) is 70.2 Å². The van der Waals surface area contributed by atoms with Crippen LogP contribution in [0.25, 0.3) is 0 Å². The van der Waals surface area contributed by atoms with Crippen LogP contribution < -0.4 is 16.0 Å². The summed E-state index contributed by atoms with van der Waals surface area (Å²) < 4.78 is 39.4. The molecule has 3 N–H and O–H groups in total. The van der Waals surface area contributed by atoms with Crippen LogP contribution in [0.3, 0.4) is 0 Å². The number of carbonyl (C=O) groups excluding carboxylic acids is 2. The zero-order valence-corrected chi connectivity index (χ0v) is 13.3. The van der Waals surface area contributed by atoms with Crippen LogP contribution in [0.2, 0.25) is 0 Å². The quantitative estimate of drug-likeness (QED) is 0.698. The van der Waals surface area contributed by atoms with Crippen molar-refractivity contribution < 1.29 is 22.8 Å². The van der Waals surface area contributed by atoms with Crippen LogP contribution in [-0.4, -0.2) is 18.4 Å². The molecule has 5 nitrogen and oxygen atoms in total. The van der Waals surface area contributed by atoms with E-state index < -0.39 is 17.5 Å². The van der Waals surface area contributed by atoms with Gasteiger partial charge in [0.1, 0.15) is 0 Å². The first kappa shape index (κ1) is 18.3. The molecule has 0 atom stereocenters. The maximum absolute atomic E-state index is 13.5. The minimum atomic E-state index is -1.57. The number of rotatable bonds is 6. The molecule has 0 bridgehead atoms. The van der Waals surface area contributed by atoms with Gasteiger partial charge in [0.05, 0.1) is 5.69 Å². The maximum atomic E-state index is 13.5. The number of halogens is 3. The average molecular weight is 351 g/mol. The molecule has 2 rings (SSSR count). The minimum Gasteiger partial charge on any atom is -0.382 e. The second kappa shape index (κ2) is 8.18. The molecule has 2 amide bonds. The lowest BCUT2D eigenvalue weighted by Crippen LogP contribution is -2.17. The molecule has 0 fully saturated rings. The molecule has 0 spiro atoms. The van der Waals surface area contributed by atoms with Gasteiger partial charge in [-0.3, -0.25) is 9.59 Å². The highest BCUT2D eigenvalue weighted by Gasteiger charge is 2.13. The fourth-order valence-corrected chi connectivity index (χ4v) is 2.07. The van der Waals surface area contributed by atoms with Crippen LogP contribution in [0.15, 0.2) is 36.4 Å². The van der Waals surface area contributed by atoms with Crippen molar-refractivity contribution in [1.29, 1.82) is 0 Å². The summed E-state index contributed by atoms with van der Waals surface area (Å²) in [5.74, 6) is -4.77. The van der Waals surface area contributed by atoms with Crippen LogP contribution in [0, 0.1) is 17.5 Å². The smallest absolute Gasteiger partial charge is 0.226 e. The predicted molar refractivity (Wildman–Crippen MR) is 88.8 cm³/mol. The van der Waals surface area contributed by atoms with Crippen LogP contribution in [-0.2, 0) is 9.59 Å². The number of carbonyl (C=O) groups is 2.